The fraction of sp³-hybridized carbons (Fsp3) is 0.300. The zero-order valence-electron chi connectivity index (χ0n) is 15.0. The molecule has 26 heavy (non-hydrogen) atoms. The molecule has 136 valence electrons. The van der Waals surface area contributed by atoms with Gasteiger partial charge in [-0.3, -0.25) is 9.59 Å². The first-order chi connectivity index (χ1) is 12.5. The largest absolute Gasteiger partial charge is 0.454 e. The van der Waals surface area contributed by atoms with Crippen LogP contribution in [0.15, 0.2) is 48.5 Å². The van der Waals surface area contributed by atoms with Crippen molar-refractivity contribution in [1.82, 2.24) is 4.90 Å². The lowest BCUT2D eigenvalue weighted by Gasteiger charge is -2.23. The van der Waals surface area contributed by atoms with E-state index in [1.165, 1.54) is 6.92 Å². The number of amides is 2. The Morgan fingerprint density at radius 1 is 1.04 bits per heavy atom. The number of nitrogens with zero attached hydrogens (tertiary/aromatic N) is 2. The van der Waals surface area contributed by atoms with E-state index in [4.69, 9.17) is 9.47 Å². The highest BCUT2D eigenvalue weighted by Crippen LogP contribution is 2.35. The van der Waals surface area contributed by atoms with Gasteiger partial charge in [-0.25, -0.2) is 0 Å². The van der Waals surface area contributed by atoms with Crippen molar-refractivity contribution in [1.29, 1.82) is 0 Å². The third kappa shape index (κ3) is 4.14. The smallest absolute Gasteiger partial charge is 0.231 e. The summed E-state index contributed by atoms with van der Waals surface area (Å²) in [7, 11) is 1.77. The highest BCUT2D eigenvalue weighted by atomic mass is 16.7. The maximum Gasteiger partial charge on any atom is 0.231 e. The first-order valence-corrected chi connectivity index (χ1v) is 8.50. The van der Waals surface area contributed by atoms with Gasteiger partial charge in [0.15, 0.2) is 11.5 Å². The van der Waals surface area contributed by atoms with Crippen molar-refractivity contribution < 1.29 is 19.1 Å². The lowest BCUT2D eigenvalue weighted by Crippen LogP contribution is -2.34. The minimum absolute atomic E-state index is 0.0131. The van der Waals surface area contributed by atoms with Crippen LogP contribution in [0.3, 0.4) is 0 Å². The van der Waals surface area contributed by atoms with Crippen molar-refractivity contribution >= 4 is 17.5 Å². The lowest BCUT2D eigenvalue weighted by atomic mass is 10.2. The fourth-order valence-corrected chi connectivity index (χ4v) is 2.87. The van der Waals surface area contributed by atoms with Gasteiger partial charge in [-0.05, 0) is 17.7 Å². The summed E-state index contributed by atoms with van der Waals surface area (Å²) in [6.07, 6.45) is 0.247. The van der Waals surface area contributed by atoms with Crippen LogP contribution in [0, 0.1) is 0 Å². The van der Waals surface area contributed by atoms with Crippen molar-refractivity contribution in [2.24, 2.45) is 0 Å². The van der Waals surface area contributed by atoms with E-state index in [0.29, 0.717) is 30.3 Å². The molecule has 0 saturated carbocycles. The van der Waals surface area contributed by atoms with Gasteiger partial charge in [0.2, 0.25) is 18.6 Å². The van der Waals surface area contributed by atoms with Crippen LogP contribution >= 0.6 is 0 Å². The van der Waals surface area contributed by atoms with Gasteiger partial charge in [-0.1, -0.05) is 30.3 Å². The number of anilines is 1. The summed E-state index contributed by atoms with van der Waals surface area (Å²) in [6, 6.07) is 15.2. The van der Waals surface area contributed by atoms with Gasteiger partial charge in [0, 0.05) is 45.2 Å². The Kier molecular flexibility index (Phi) is 5.41. The van der Waals surface area contributed by atoms with Crippen LogP contribution in [-0.4, -0.2) is 37.1 Å². The molecule has 6 nitrogen and oxygen atoms in total. The molecular formula is C20H22N2O4. The van der Waals surface area contributed by atoms with Gasteiger partial charge in [0.25, 0.3) is 0 Å². The SMILES string of the molecule is CC(=O)N(CCC(=O)N(C)Cc1ccccc1)c1ccc2c(c1)OCO2. The number of ether oxygens (including phenoxy) is 2. The Morgan fingerprint density at radius 3 is 2.50 bits per heavy atom. The van der Waals surface area contributed by atoms with E-state index < -0.39 is 0 Å². The predicted octanol–water partition coefficient (Wildman–Crippen LogP) is 2.82. The Hall–Kier alpha value is -3.02. The van der Waals surface area contributed by atoms with Crippen molar-refractivity contribution in [2.45, 2.75) is 19.9 Å². The average molecular weight is 354 g/mol. The maximum atomic E-state index is 12.4. The van der Waals surface area contributed by atoms with Crippen molar-refractivity contribution in [3.8, 4) is 11.5 Å². The van der Waals surface area contributed by atoms with E-state index in [9.17, 15) is 9.59 Å². The third-order valence-corrected chi connectivity index (χ3v) is 4.29. The molecule has 3 rings (SSSR count). The van der Waals surface area contributed by atoms with Gasteiger partial charge < -0.3 is 19.3 Å². The molecule has 2 aromatic carbocycles. The first kappa shape index (κ1) is 17.8. The van der Waals surface area contributed by atoms with Crippen LogP contribution in [0.2, 0.25) is 0 Å². The van der Waals surface area contributed by atoms with Crippen LogP contribution in [0.1, 0.15) is 18.9 Å². The van der Waals surface area contributed by atoms with Gasteiger partial charge in [0.1, 0.15) is 0 Å². The Labute approximate surface area is 152 Å². The molecule has 1 heterocycles. The molecule has 0 aromatic heterocycles. The molecule has 0 N–H and O–H groups in total. The second-order valence-electron chi connectivity index (χ2n) is 6.19. The number of carbonyl (C=O) groups is 2. The zero-order chi connectivity index (χ0) is 18.5. The molecule has 1 aliphatic heterocycles. The van der Waals surface area contributed by atoms with E-state index in [1.54, 1.807) is 35.0 Å². The van der Waals surface area contributed by atoms with Gasteiger partial charge in [0.05, 0.1) is 0 Å². The molecule has 0 unspecified atom stereocenters. The monoisotopic (exact) mass is 354 g/mol. The maximum absolute atomic E-state index is 12.4. The second kappa shape index (κ2) is 7.91. The van der Waals surface area contributed by atoms with Gasteiger partial charge in [-0.2, -0.15) is 0 Å². The number of hydrogen-bond acceptors (Lipinski definition) is 4. The van der Waals surface area contributed by atoms with E-state index in [1.807, 2.05) is 30.3 Å². The van der Waals surface area contributed by atoms with Gasteiger partial charge in [-0.15, -0.1) is 0 Å². The molecule has 6 heteroatoms. The number of benzene rings is 2. The molecule has 0 fully saturated rings. The number of hydrogen-bond donors (Lipinski definition) is 0. The summed E-state index contributed by atoms with van der Waals surface area (Å²) in [5.41, 5.74) is 1.77. The topological polar surface area (TPSA) is 59.1 Å². The molecule has 0 radical (unpaired) electrons. The summed E-state index contributed by atoms with van der Waals surface area (Å²) in [4.78, 5) is 27.7. The molecule has 0 saturated heterocycles. The number of rotatable bonds is 6. The van der Waals surface area contributed by atoms with E-state index in [2.05, 4.69) is 0 Å². The van der Waals surface area contributed by atoms with Crippen LogP contribution in [0.5, 0.6) is 11.5 Å². The molecule has 0 spiro atoms. The van der Waals surface area contributed by atoms with Crippen LogP contribution in [-0.2, 0) is 16.1 Å². The van der Waals surface area contributed by atoms with E-state index in [0.717, 1.165) is 5.56 Å². The number of carbonyl (C=O) groups excluding carboxylic acids is 2. The quantitative estimate of drug-likeness (QED) is 0.800. The molecule has 0 bridgehead atoms. The third-order valence-electron chi connectivity index (χ3n) is 4.29. The van der Waals surface area contributed by atoms with Crippen LogP contribution < -0.4 is 14.4 Å². The first-order valence-electron chi connectivity index (χ1n) is 8.50. The van der Waals surface area contributed by atoms with Crippen molar-refractivity contribution in [2.75, 3.05) is 25.3 Å². The summed E-state index contributed by atoms with van der Waals surface area (Å²) in [5.74, 6) is 1.14. The summed E-state index contributed by atoms with van der Waals surface area (Å²) in [6.45, 7) is 2.53. The Bertz CT molecular complexity index is 792. The van der Waals surface area contributed by atoms with E-state index in [-0.39, 0.29) is 25.0 Å². The Morgan fingerprint density at radius 2 is 1.77 bits per heavy atom. The molecular weight excluding hydrogens is 332 g/mol. The van der Waals surface area contributed by atoms with Crippen molar-refractivity contribution in [3.05, 3.63) is 54.1 Å². The highest BCUT2D eigenvalue weighted by molar-refractivity contribution is 5.92. The minimum Gasteiger partial charge on any atom is -0.454 e. The number of fused-ring (bicyclic) bond motifs is 1. The minimum atomic E-state index is -0.123. The zero-order valence-corrected chi connectivity index (χ0v) is 15.0. The molecule has 0 aliphatic carbocycles. The van der Waals surface area contributed by atoms with Crippen LogP contribution in [0.4, 0.5) is 5.69 Å². The van der Waals surface area contributed by atoms with Gasteiger partial charge >= 0.3 is 0 Å². The summed E-state index contributed by atoms with van der Waals surface area (Å²) < 4.78 is 10.7. The standard InChI is InChI=1S/C20H22N2O4/c1-15(23)22(17-8-9-18-19(12-17)26-14-25-18)11-10-20(24)21(2)13-16-6-4-3-5-7-16/h3-9,12H,10-11,13-14H2,1-2H3. The lowest BCUT2D eigenvalue weighted by molar-refractivity contribution is -0.130. The second-order valence-corrected chi connectivity index (χ2v) is 6.19. The highest BCUT2D eigenvalue weighted by Gasteiger charge is 2.19. The summed E-state index contributed by atoms with van der Waals surface area (Å²) >= 11 is 0. The average Bonchev–Trinajstić information content (AvgIpc) is 3.10. The predicted molar refractivity (Wildman–Crippen MR) is 98.1 cm³/mol. The molecule has 0 atom stereocenters. The summed E-state index contributed by atoms with van der Waals surface area (Å²) in [5, 5.41) is 0. The normalized spacial score (nSPS) is 11.9. The fourth-order valence-electron chi connectivity index (χ4n) is 2.87. The molecule has 1 aliphatic rings. The molecule has 2 aromatic rings. The van der Waals surface area contributed by atoms with Crippen LogP contribution in [0.25, 0.3) is 0 Å². The van der Waals surface area contributed by atoms with E-state index >= 15 is 0 Å². The molecule has 2 amide bonds. The van der Waals surface area contributed by atoms with Crippen molar-refractivity contribution in [3.63, 3.8) is 0 Å². The Balaban J connectivity index is 1.61.